The van der Waals surface area contributed by atoms with Crippen molar-refractivity contribution in [2.45, 2.75) is 39.3 Å². The topological polar surface area (TPSA) is 86.8 Å². The molecule has 38 heavy (non-hydrogen) atoms. The summed E-state index contributed by atoms with van der Waals surface area (Å²) >= 11 is 6.07. The first-order chi connectivity index (χ1) is 18.1. The standard InChI is InChI=1S/C29H34ClN3O4S/c1-4-24-13-9-10-14-26(24)33(38(3,36)37)21-28(34)32(20-23-15-17-25(30)18-16-23)27(29(35)31-5-2)19-22-11-7-6-8-12-22/h6-18,27H,4-5,19-21H2,1-3H3,(H,31,35)/t27-/m1/s1. The van der Waals surface area contributed by atoms with Gasteiger partial charge in [0, 0.05) is 24.5 Å². The van der Waals surface area contributed by atoms with Gasteiger partial charge in [0.1, 0.15) is 12.6 Å². The number of anilines is 1. The molecule has 0 aromatic heterocycles. The molecule has 3 aromatic carbocycles. The molecule has 0 spiro atoms. The maximum absolute atomic E-state index is 14.0. The summed E-state index contributed by atoms with van der Waals surface area (Å²) in [6, 6.07) is 22.7. The van der Waals surface area contributed by atoms with E-state index in [1.165, 1.54) is 4.90 Å². The van der Waals surface area contributed by atoms with Gasteiger partial charge in [-0.2, -0.15) is 0 Å². The largest absolute Gasteiger partial charge is 0.355 e. The van der Waals surface area contributed by atoms with Crippen LogP contribution in [-0.2, 0) is 39.0 Å². The van der Waals surface area contributed by atoms with Crippen molar-refractivity contribution in [1.82, 2.24) is 10.2 Å². The zero-order valence-electron chi connectivity index (χ0n) is 21.9. The van der Waals surface area contributed by atoms with Crippen molar-refractivity contribution < 1.29 is 18.0 Å². The Balaban J connectivity index is 2.05. The molecule has 1 atom stereocenters. The molecule has 0 aliphatic rings. The highest BCUT2D eigenvalue weighted by molar-refractivity contribution is 7.92. The van der Waals surface area contributed by atoms with Crippen molar-refractivity contribution in [3.63, 3.8) is 0 Å². The number of amides is 2. The van der Waals surface area contributed by atoms with Crippen LogP contribution < -0.4 is 9.62 Å². The number of aryl methyl sites for hydroxylation is 1. The van der Waals surface area contributed by atoms with Gasteiger partial charge in [-0.25, -0.2) is 8.42 Å². The number of carbonyl (C=O) groups is 2. The number of carbonyl (C=O) groups excluding carboxylic acids is 2. The Kier molecular flexibility index (Phi) is 10.3. The molecule has 0 radical (unpaired) electrons. The molecular formula is C29H34ClN3O4S. The first-order valence-electron chi connectivity index (χ1n) is 12.5. The molecule has 7 nitrogen and oxygen atoms in total. The lowest BCUT2D eigenvalue weighted by Gasteiger charge is -2.33. The van der Waals surface area contributed by atoms with E-state index in [2.05, 4.69) is 5.32 Å². The summed E-state index contributed by atoms with van der Waals surface area (Å²) in [5, 5.41) is 3.40. The highest BCUT2D eigenvalue weighted by atomic mass is 35.5. The number of hydrogen-bond acceptors (Lipinski definition) is 4. The maximum Gasteiger partial charge on any atom is 0.244 e. The van der Waals surface area contributed by atoms with Crippen molar-refractivity contribution in [3.8, 4) is 0 Å². The second kappa shape index (κ2) is 13.4. The van der Waals surface area contributed by atoms with Gasteiger partial charge < -0.3 is 10.2 Å². The third kappa shape index (κ3) is 7.82. The molecule has 0 saturated heterocycles. The third-order valence-corrected chi connectivity index (χ3v) is 7.59. The minimum atomic E-state index is -3.80. The molecule has 3 rings (SSSR count). The lowest BCUT2D eigenvalue weighted by molar-refractivity contribution is -0.140. The Bertz CT molecular complexity index is 1330. The summed E-state index contributed by atoms with van der Waals surface area (Å²) in [6.07, 6.45) is 1.96. The first-order valence-corrected chi connectivity index (χ1v) is 14.8. The van der Waals surface area contributed by atoms with Crippen molar-refractivity contribution >= 4 is 39.1 Å². The lowest BCUT2D eigenvalue weighted by Crippen LogP contribution is -2.53. The number of nitrogens with zero attached hydrogens (tertiary/aromatic N) is 2. The van der Waals surface area contributed by atoms with Crippen LogP contribution in [0.4, 0.5) is 5.69 Å². The summed E-state index contributed by atoms with van der Waals surface area (Å²) in [4.78, 5) is 28.8. The Morgan fingerprint density at radius 2 is 1.53 bits per heavy atom. The van der Waals surface area contributed by atoms with Crippen LogP contribution in [-0.4, -0.2) is 50.5 Å². The lowest BCUT2D eigenvalue weighted by atomic mass is 10.0. The van der Waals surface area contributed by atoms with Gasteiger partial charge in [0.05, 0.1) is 11.9 Å². The molecule has 0 bridgehead atoms. The van der Waals surface area contributed by atoms with Crippen molar-refractivity contribution in [2.24, 2.45) is 0 Å². The van der Waals surface area contributed by atoms with E-state index in [9.17, 15) is 18.0 Å². The van der Waals surface area contributed by atoms with Gasteiger partial charge in [-0.1, -0.05) is 79.2 Å². The quantitative estimate of drug-likeness (QED) is 0.358. The van der Waals surface area contributed by atoms with Crippen LogP contribution in [0.15, 0.2) is 78.9 Å². The number of hydrogen-bond donors (Lipinski definition) is 1. The smallest absolute Gasteiger partial charge is 0.244 e. The van der Waals surface area contributed by atoms with Gasteiger partial charge >= 0.3 is 0 Å². The van der Waals surface area contributed by atoms with E-state index in [0.29, 0.717) is 23.7 Å². The average Bonchev–Trinajstić information content (AvgIpc) is 2.90. The predicted octanol–water partition coefficient (Wildman–Crippen LogP) is 4.44. The third-order valence-electron chi connectivity index (χ3n) is 6.21. The predicted molar refractivity (Wildman–Crippen MR) is 153 cm³/mol. The van der Waals surface area contributed by atoms with Gasteiger partial charge in [-0.3, -0.25) is 13.9 Å². The van der Waals surface area contributed by atoms with Gasteiger partial charge in [-0.05, 0) is 48.2 Å². The molecule has 9 heteroatoms. The second-order valence-electron chi connectivity index (χ2n) is 9.00. The van der Waals surface area contributed by atoms with E-state index in [4.69, 9.17) is 11.6 Å². The summed E-state index contributed by atoms with van der Waals surface area (Å²) in [6.45, 7) is 3.81. The molecule has 202 valence electrons. The van der Waals surface area contributed by atoms with Crippen LogP contribution >= 0.6 is 11.6 Å². The number of para-hydroxylation sites is 1. The Morgan fingerprint density at radius 1 is 0.895 bits per heavy atom. The van der Waals surface area contributed by atoms with Crippen LogP contribution in [0.2, 0.25) is 5.02 Å². The van der Waals surface area contributed by atoms with E-state index in [-0.39, 0.29) is 18.9 Å². The highest BCUT2D eigenvalue weighted by Gasteiger charge is 2.33. The molecule has 0 saturated carbocycles. The molecule has 0 unspecified atom stereocenters. The second-order valence-corrected chi connectivity index (χ2v) is 11.3. The van der Waals surface area contributed by atoms with Gasteiger partial charge in [0.2, 0.25) is 21.8 Å². The summed E-state index contributed by atoms with van der Waals surface area (Å²) in [5.74, 6) is -0.790. The van der Waals surface area contributed by atoms with E-state index < -0.39 is 28.5 Å². The van der Waals surface area contributed by atoms with Crippen LogP contribution in [0.5, 0.6) is 0 Å². The zero-order valence-corrected chi connectivity index (χ0v) is 23.5. The van der Waals surface area contributed by atoms with Gasteiger partial charge in [0.25, 0.3) is 0 Å². The van der Waals surface area contributed by atoms with Crippen LogP contribution in [0.3, 0.4) is 0 Å². The van der Waals surface area contributed by atoms with E-state index in [1.54, 1.807) is 36.4 Å². The van der Waals surface area contributed by atoms with Crippen molar-refractivity contribution in [1.29, 1.82) is 0 Å². The molecular weight excluding hydrogens is 522 g/mol. The average molecular weight is 556 g/mol. The SMILES string of the molecule is CCNC(=O)[C@@H](Cc1ccccc1)N(Cc1ccc(Cl)cc1)C(=O)CN(c1ccccc1CC)S(C)(=O)=O. The van der Waals surface area contributed by atoms with E-state index in [1.807, 2.05) is 56.3 Å². The van der Waals surface area contributed by atoms with E-state index in [0.717, 1.165) is 27.3 Å². The Morgan fingerprint density at radius 3 is 2.13 bits per heavy atom. The summed E-state index contributed by atoms with van der Waals surface area (Å²) in [7, 11) is -3.80. The zero-order chi connectivity index (χ0) is 27.7. The molecule has 2 amide bonds. The van der Waals surface area contributed by atoms with Crippen molar-refractivity contribution in [2.75, 3.05) is 23.7 Å². The first kappa shape index (κ1) is 29.2. The fraction of sp³-hybridized carbons (Fsp3) is 0.310. The van der Waals surface area contributed by atoms with E-state index >= 15 is 0 Å². The van der Waals surface area contributed by atoms with Crippen LogP contribution in [0.25, 0.3) is 0 Å². The number of nitrogens with one attached hydrogen (secondary N) is 1. The minimum Gasteiger partial charge on any atom is -0.355 e. The van der Waals surface area contributed by atoms with Crippen LogP contribution in [0.1, 0.15) is 30.5 Å². The molecule has 0 aliphatic heterocycles. The van der Waals surface area contributed by atoms with Gasteiger partial charge in [0.15, 0.2) is 0 Å². The molecule has 3 aromatic rings. The molecule has 0 aliphatic carbocycles. The minimum absolute atomic E-state index is 0.109. The summed E-state index contributed by atoms with van der Waals surface area (Å²) in [5.41, 5.74) is 2.91. The normalized spacial score (nSPS) is 12.0. The van der Waals surface area contributed by atoms with Crippen molar-refractivity contribution in [3.05, 3.63) is 101 Å². The molecule has 0 fully saturated rings. The Hall–Kier alpha value is -3.36. The number of rotatable bonds is 12. The fourth-order valence-corrected chi connectivity index (χ4v) is 5.29. The monoisotopic (exact) mass is 555 g/mol. The molecule has 1 N–H and O–H groups in total. The number of likely N-dealkylation sites (N-methyl/N-ethyl adjacent to an activating group) is 1. The highest BCUT2D eigenvalue weighted by Crippen LogP contribution is 2.25. The Labute approximate surface area is 230 Å². The van der Waals surface area contributed by atoms with Gasteiger partial charge in [-0.15, -0.1) is 0 Å². The maximum atomic E-state index is 14.0. The molecule has 0 heterocycles. The number of halogens is 1. The fourth-order valence-electron chi connectivity index (χ4n) is 4.28. The summed E-state index contributed by atoms with van der Waals surface area (Å²) < 4.78 is 27.0. The number of sulfonamides is 1. The van der Waals surface area contributed by atoms with Crippen LogP contribution in [0, 0.1) is 0 Å². The number of benzene rings is 3.